The van der Waals surface area contributed by atoms with E-state index in [-0.39, 0.29) is 6.04 Å². The second kappa shape index (κ2) is 5.23. The fourth-order valence-corrected chi connectivity index (χ4v) is 3.34. The Morgan fingerprint density at radius 3 is 2.62 bits per heavy atom. The summed E-state index contributed by atoms with van der Waals surface area (Å²) in [5.41, 5.74) is 5.97. The van der Waals surface area contributed by atoms with Gasteiger partial charge in [0.2, 0.25) is 0 Å². The minimum absolute atomic E-state index is 0.0776. The number of aromatic nitrogens is 2. The van der Waals surface area contributed by atoms with Crippen LogP contribution in [0.15, 0.2) is 0 Å². The lowest BCUT2D eigenvalue weighted by Gasteiger charge is -2.23. The molecule has 2 rings (SSSR count). The molecule has 0 aromatic carbocycles. The van der Waals surface area contributed by atoms with Crippen molar-refractivity contribution in [1.29, 1.82) is 0 Å². The Balaban J connectivity index is 2.01. The predicted octanol–water partition coefficient (Wildman–Crippen LogP) is 3.24. The van der Waals surface area contributed by atoms with Crippen molar-refractivity contribution in [3.8, 4) is 0 Å². The van der Waals surface area contributed by atoms with Gasteiger partial charge >= 0.3 is 0 Å². The lowest BCUT2D eigenvalue weighted by molar-refractivity contribution is 0.346. The van der Waals surface area contributed by atoms with Crippen molar-refractivity contribution in [1.82, 2.24) is 10.2 Å². The zero-order valence-electron chi connectivity index (χ0n) is 10.1. The molecule has 0 saturated heterocycles. The van der Waals surface area contributed by atoms with Crippen LogP contribution >= 0.6 is 11.3 Å². The van der Waals surface area contributed by atoms with Crippen LogP contribution in [0.2, 0.25) is 0 Å². The Bertz CT molecular complexity index is 329. The standard InChI is InChI=1S/C12H21N3S/c1-3-10(13)12-15-14-11(16-12)9-6-4-8(2)5-7-9/h8-10H,3-7,13H2,1-2H3. The van der Waals surface area contributed by atoms with Crippen LogP contribution in [0, 0.1) is 5.92 Å². The molecule has 4 heteroatoms. The molecule has 90 valence electrons. The Labute approximate surface area is 101 Å². The van der Waals surface area contributed by atoms with Gasteiger partial charge in [-0.25, -0.2) is 0 Å². The van der Waals surface area contributed by atoms with Crippen LogP contribution in [0.1, 0.15) is 67.9 Å². The summed E-state index contributed by atoms with van der Waals surface area (Å²) in [6, 6.07) is 0.0776. The highest BCUT2D eigenvalue weighted by molar-refractivity contribution is 7.11. The highest BCUT2D eigenvalue weighted by Crippen LogP contribution is 2.37. The van der Waals surface area contributed by atoms with Gasteiger partial charge in [0.1, 0.15) is 10.0 Å². The molecule has 1 fully saturated rings. The number of hydrogen-bond donors (Lipinski definition) is 1. The lowest BCUT2D eigenvalue weighted by Crippen LogP contribution is -2.10. The highest BCUT2D eigenvalue weighted by Gasteiger charge is 2.23. The van der Waals surface area contributed by atoms with Crippen molar-refractivity contribution in [2.75, 3.05) is 0 Å². The van der Waals surface area contributed by atoms with Crippen LogP contribution in [-0.2, 0) is 0 Å². The topological polar surface area (TPSA) is 51.8 Å². The fourth-order valence-electron chi connectivity index (χ4n) is 2.24. The average Bonchev–Trinajstić information content (AvgIpc) is 2.78. The highest BCUT2D eigenvalue weighted by atomic mass is 32.1. The largest absolute Gasteiger partial charge is 0.322 e. The third-order valence-corrected chi connectivity index (χ3v) is 4.80. The molecule has 1 aliphatic carbocycles. The van der Waals surface area contributed by atoms with E-state index in [1.165, 1.54) is 30.7 Å². The smallest absolute Gasteiger partial charge is 0.134 e. The van der Waals surface area contributed by atoms with Gasteiger partial charge in [-0.1, -0.05) is 38.0 Å². The molecule has 0 spiro atoms. The van der Waals surface area contributed by atoms with E-state index < -0.39 is 0 Å². The second-order valence-electron chi connectivity index (χ2n) is 4.95. The summed E-state index contributed by atoms with van der Waals surface area (Å²) in [6.45, 7) is 4.43. The molecule has 1 aromatic heterocycles. The SMILES string of the molecule is CCC(N)c1nnc(C2CCC(C)CC2)s1. The first-order valence-electron chi connectivity index (χ1n) is 6.29. The molecule has 0 bridgehead atoms. The van der Waals surface area contributed by atoms with Crippen LogP contribution in [0.5, 0.6) is 0 Å². The zero-order chi connectivity index (χ0) is 11.5. The molecule has 3 nitrogen and oxygen atoms in total. The van der Waals surface area contributed by atoms with Gasteiger partial charge in [0.05, 0.1) is 6.04 Å². The maximum absolute atomic E-state index is 5.97. The molecule has 2 N–H and O–H groups in total. The maximum Gasteiger partial charge on any atom is 0.134 e. The van der Waals surface area contributed by atoms with Gasteiger partial charge in [0.25, 0.3) is 0 Å². The molecule has 1 aromatic rings. The summed E-state index contributed by atoms with van der Waals surface area (Å²) >= 11 is 1.73. The summed E-state index contributed by atoms with van der Waals surface area (Å²) in [5.74, 6) is 1.54. The van der Waals surface area contributed by atoms with Crippen LogP contribution in [0.25, 0.3) is 0 Å². The predicted molar refractivity (Wildman–Crippen MR) is 67.5 cm³/mol. The third kappa shape index (κ3) is 2.61. The molecule has 0 aliphatic heterocycles. The van der Waals surface area contributed by atoms with Crippen molar-refractivity contribution < 1.29 is 0 Å². The van der Waals surface area contributed by atoms with Crippen LogP contribution in [0.4, 0.5) is 0 Å². The van der Waals surface area contributed by atoms with E-state index in [0.29, 0.717) is 5.92 Å². The molecule has 1 atom stereocenters. The Morgan fingerprint density at radius 1 is 1.31 bits per heavy atom. The number of rotatable bonds is 3. The summed E-state index contributed by atoms with van der Waals surface area (Å²) in [4.78, 5) is 0. The lowest BCUT2D eigenvalue weighted by atomic mass is 9.83. The van der Waals surface area contributed by atoms with Crippen LogP contribution < -0.4 is 5.73 Å². The number of nitrogens with two attached hydrogens (primary N) is 1. The summed E-state index contributed by atoms with van der Waals surface area (Å²) in [5, 5.41) is 10.8. The molecule has 1 heterocycles. The van der Waals surface area contributed by atoms with Crippen molar-refractivity contribution >= 4 is 11.3 Å². The minimum atomic E-state index is 0.0776. The van der Waals surface area contributed by atoms with Gasteiger partial charge < -0.3 is 5.73 Å². The Kier molecular flexibility index (Phi) is 3.92. The van der Waals surface area contributed by atoms with E-state index in [1.807, 2.05) is 0 Å². The summed E-state index contributed by atoms with van der Waals surface area (Å²) < 4.78 is 0. The van der Waals surface area contributed by atoms with Gasteiger partial charge in [-0.3, -0.25) is 0 Å². The van der Waals surface area contributed by atoms with E-state index >= 15 is 0 Å². The zero-order valence-corrected chi connectivity index (χ0v) is 11.0. The van der Waals surface area contributed by atoms with Crippen molar-refractivity contribution in [2.45, 2.75) is 57.9 Å². The number of nitrogens with zero attached hydrogens (tertiary/aromatic N) is 2. The Morgan fingerprint density at radius 2 is 2.00 bits per heavy atom. The number of hydrogen-bond acceptors (Lipinski definition) is 4. The summed E-state index contributed by atoms with van der Waals surface area (Å²) in [7, 11) is 0. The average molecular weight is 239 g/mol. The maximum atomic E-state index is 5.97. The molecule has 1 aliphatic rings. The fraction of sp³-hybridized carbons (Fsp3) is 0.833. The first kappa shape index (κ1) is 12.0. The van der Waals surface area contributed by atoms with E-state index in [2.05, 4.69) is 24.0 Å². The molecule has 0 amide bonds. The first-order valence-corrected chi connectivity index (χ1v) is 7.11. The van der Waals surface area contributed by atoms with Gasteiger partial charge in [-0.15, -0.1) is 10.2 Å². The van der Waals surface area contributed by atoms with E-state index in [1.54, 1.807) is 11.3 Å². The van der Waals surface area contributed by atoms with E-state index in [0.717, 1.165) is 17.3 Å². The quantitative estimate of drug-likeness (QED) is 0.881. The monoisotopic (exact) mass is 239 g/mol. The van der Waals surface area contributed by atoms with Gasteiger partial charge in [0.15, 0.2) is 0 Å². The van der Waals surface area contributed by atoms with E-state index in [9.17, 15) is 0 Å². The van der Waals surface area contributed by atoms with Gasteiger partial charge in [-0.05, 0) is 25.2 Å². The third-order valence-electron chi connectivity index (χ3n) is 3.58. The van der Waals surface area contributed by atoms with Crippen LogP contribution in [0.3, 0.4) is 0 Å². The molecule has 1 saturated carbocycles. The molecule has 16 heavy (non-hydrogen) atoms. The minimum Gasteiger partial charge on any atom is -0.322 e. The summed E-state index contributed by atoms with van der Waals surface area (Å²) in [6.07, 6.45) is 6.16. The molecular formula is C12H21N3S. The molecule has 0 radical (unpaired) electrons. The molecule has 1 unspecified atom stereocenters. The van der Waals surface area contributed by atoms with E-state index in [4.69, 9.17) is 5.73 Å². The van der Waals surface area contributed by atoms with Crippen molar-refractivity contribution in [3.63, 3.8) is 0 Å². The van der Waals surface area contributed by atoms with Gasteiger partial charge in [0, 0.05) is 5.92 Å². The second-order valence-corrected chi connectivity index (χ2v) is 5.99. The first-order chi connectivity index (χ1) is 7.70. The van der Waals surface area contributed by atoms with Crippen molar-refractivity contribution in [2.24, 2.45) is 11.7 Å². The van der Waals surface area contributed by atoms with Crippen molar-refractivity contribution in [3.05, 3.63) is 10.0 Å². The van der Waals surface area contributed by atoms with Crippen LogP contribution in [-0.4, -0.2) is 10.2 Å². The van der Waals surface area contributed by atoms with Gasteiger partial charge in [-0.2, -0.15) is 0 Å². The normalized spacial score (nSPS) is 27.9. The Hall–Kier alpha value is -0.480. The molecular weight excluding hydrogens is 218 g/mol.